The van der Waals surface area contributed by atoms with Crippen LogP contribution in [0, 0.1) is 6.92 Å². The molecule has 4 nitrogen and oxygen atoms in total. The van der Waals surface area contributed by atoms with Crippen LogP contribution >= 0.6 is 23.2 Å². The number of hydrogen-bond acceptors (Lipinski definition) is 4. The zero-order valence-corrected chi connectivity index (χ0v) is 13.6. The summed E-state index contributed by atoms with van der Waals surface area (Å²) in [4.78, 5) is 0. The second kappa shape index (κ2) is 9.53. The van der Waals surface area contributed by atoms with Crippen molar-refractivity contribution in [2.45, 2.75) is 26.7 Å². The maximum absolute atomic E-state index is 8.35. The van der Waals surface area contributed by atoms with Crippen LogP contribution in [0.2, 0.25) is 0 Å². The average Bonchev–Trinajstić information content (AvgIpc) is 2.44. The van der Waals surface area contributed by atoms with E-state index in [-0.39, 0.29) is 4.49 Å². The van der Waals surface area contributed by atoms with Crippen molar-refractivity contribution in [3.8, 4) is 11.5 Å². The number of halogens is 2. The summed E-state index contributed by atoms with van der Waals surface area (Å²) in [5.74, 6) is 1.60. The van der Waals surface area contributed by atoms with Crippen LogP contribution in [0.4, 0.5) is 0 Å². The van der Waals surface area contributed by atoms with Gasteiger partial charge in [-0.2, -0.15) is 0 Å². The van der Waals surface area contributed by atoms with Gasteiger partial charge in [-0.05, 0) is 42.7 Å². The number of benzene rings is 1. The van der Waals surface area contributed by atoms with E-state index >= 15 is 0 Å². The molecule has 1 N–H and O–H groups in total. The number of ether oxygens (including phenoxy) is 2. The predicted molar refractivity (Wildman–Crippen MR) is 86.2 cm³/mol. The Bertz CT molecular complexity index is 512. The van der Waals surface area contributed by atoms with Crippen molar-refractivity contribution in [2.75, 3.05) is 13.2 Å². The number of rotatable bonds is 8. The zero-order chi connectivity index (χ0) is 15.7. The second-order valence-electron chi connectivity index (χ2n) is 4.32. The zero-order valence-electron chi connectivity index (χ0n) is 12.1. The molecule has 1 aromatic rings. The number of aryl methyl sites for hydroxylation is 2. The Morgan fingerprint density at radius 2 is 2.10 bits per heavy atom. The van der Waals surface area contributed by atoms with Crippen LogP contribution in [-0.2, 0) is 6.42 Å². The highest BCUT2D eigenvalue weighted by molar-refractivity contribution is 6.55. The van der Waals surface area contributed by atoms with Crippen molar-refractivity contribution >= 4 is 29.4 Å². The molecule has 6 heteroatoms. The quantitative estimate of drug-likeness (QED) is 0.330. The molecule has 0 aromatic heterocycles. The Morgan fingerprint density at radius 1 is 1.33 bits per heavy atom. The largest absolute Gasteiger partial charge is 0.493 e. The third kappa shape index (κ3) is 6.27. The first-order valence-electron chi connectivity index (χ1n) is 6.64. The summed E-state index contributed by atoms with van der Waals surface area (Å²) in [5, 5.41) is 11.3. The Balaban J connectivity index is 2.79. The van der Waals surface area contributed by atoms with Gasteiger partial charge in [0.1, 0.15) is 22.6 Å². The minimum absolute atomic E-state index is 0.188. The van der Waals surface area contributed by atoms with Crippen LogP contribution in [0.15, 0.2) is 27.9 Å². The molecule has 0 spiro atoms. The van der Waals surface area contributed by atoms with Crippen LogP contribution in [0.25, 0.3) is 0 Å². The molecule has 116 valence electrons. The molecular formula is C15H19Cl2NO3. The van der Waals surface area contributed by atoms with E-state index in [1.807, 2.05) is 19.1 Å². The van der Waals surface area contributed by atoms with Crippen LogP contribution in [0.1, 0.15) is 24.5 Å². The lowest BCUT2D eigenvalue weighted by molar-refractivity contribution is 0.307. The van der Waals surface area contributed by atoms with E-state index in [2.05, 4.69) is 12.1 Å². The summed E-state index contributed by atoms with van der Waals surface area (Å²) >= 11 is 11.1. The van der Waals surface area contributed by atoms with Crippen LogP contribution in [0.3, 0.4) is 0 Å². The molecule has 0 saturated heterocycles. The van der Waals surface area contributed by atoms with Gasteiger partial charge in [-0.25, -0.2) is 0 Å². The average molecular weight is 332 g/mol. The summed E-state index contributed by atoms with van der Waals surface area (Å²) < 4.78 is 11.5. The summed E-state index contributed by atoms with van der Waals surface area (Å²) in [6.45, 7) is 4.79. The summed E-state index contributed by atoms with van der Waals surface area (Å²) in [6.07, 6.45) is 4.37. The van der Waals surface area contributed by atoms with Crippen molar-refractivity contribution in [3.05, 3.63) is 33.8 Å². The molecule has 0 radical (unpaired) electrons. The molecule has 0 unspecified atom stereocenters. The molecule has 0 heterocycles. The van der Waals surface area contributed by atoms with E-state index in [0.717, 1.165) is 29.0 Å². The SMILES string of the molecule is CCc1cc(OCC=C(Cl)Cl)cc(C)c1OCC/C=N/O. The topological polar surface area (TPSA) is 51.0 Å². The molecule has 0 aliphatic rings. The molecule has 1 rings (SSSR count). The molecular weight excluding hydrogens is 313 g/mol. The summed E-state index contributed by atoms with van der Waals surface area (Å²) in [5.41, 5.74) is 2.05. The lowest BCUT2D eigenvalue weighted by atomic mass is 10.1. The fourth-order valence-corrected chi connectivity index (χ4v) is 1.96. The Morgan fingerprint density at radius 3 is 2.71 bits per heavy atom. The smallest absolute Gasteiger partial charge is 0.125 e. The van der Waals surface area contributed by atoms with Gasteiger partial charge < -0.3 is 14.7 Å². The number of oxime groups is 1. The Labute approximate surface area is 135 Å². The molecule has 0 bridgehead atoms. The standard InChI is InChI=1S/C15H19Cl2NO3/c1-3-12-10-13(20-8-5-14(16)17)9-11(2)15(12)21-7-4-6-18-19/h5-6,9-10,19H,3-4,7-8H2,1-2H3/b18-6+. The van der Waals surface area contributed by atoms with E-state index in [1.165, 1.54) is 6.21 Å². The van der Waals surface area contributed by atoms with Gasteiger partial charge in [-0.3, -0.25) is 0 Å². The van der Waals surface area contributed by atoms with Gasteiger partial charge in [-0.1, -0.05) is 30.1 Å². The monoisotopic (exact) mass is 331 g/mol. The summed E-state index contributed by atoms with van der Waals surface area (Å²) in [7, 11) is 0. The fraction of sp³-hybridized carbons (Fsp3) is 0.400. The maximum Gasteiger partial charge on any atom is 0.125 e. The minimum atomic E-state index is 0.188. The normalized spacial score (nSPS) is 10.7. The first kappa shape index (κ1) is 17.7. The molecule has 0 aliphatic heterocycles. The van der Waals surface area contributed by atoms with Crippen molar-refractivity contribution in [3.63, 3.8) is 0 Å². The summed E-state index contributed by atoms with van der Waals surface area (Å²) in [6, 6.07) is 3.85. The van der Waals surface area contributed by atoms with Crippen molar-refractivity contribution in [1.82, 2.24) is 0 Å². The van der Waals surface area contributed by atoms with Crippen molar-refractivity contribution in [1.29, 1.82) is 0 Å². The van der Waals surface area contributed by atoms with E-state index < -0.39 is 0 Å². The third-order valence-corrected chi connectivity index (χ3v) is 3.08. The van der Waals surface area contributed by atoms with E-state index in [4.69, 9.17) is 37.9 Å². The first-order chi connectivity index (χ1) is 10.1. The molecule has 0 saturated carbocycles. The highest BCUT2D eigenvalue weighted by Gasteiger charge is 2.09. The molecule has 21 heavy (non-hydrogen) atoms. The molecule has 0 aliphatic carbocycles. The van der Waals surface area contributed by atoms with Gasteiger partial charge in [0.05, 0.1) is 6.61 Å². The fourth-order valence-electron chi connectivity index (χ4n) is 1.84. The van der Waals surface area contributed by atoms with Gasteiger partial charge in [0, 0.05) is 12.6 Å². The van der Waals surface area contributed by atoms with Crippen molar-refractivity contribution < 1.29 is 14.7 Å². The molecule has 1 aromatic carbocycles. The Hall–Kier alpha value is -1.39. The second-order valence-corrected chi connectivity index (χ2v) is 5.33. The Kier molecular flexibility index (Phi) is 8.01. The predicted octanol–water partition coefficient (Wildman–Crippen LogP) is 4.48. The van der Waals surface area contributed by atoms with E-state index in [1.54, 1.807) is 6.08 Å². The van der Waals surface area contributed by atoms with Crippen molar-refractivity contribution in [2.24, 2.45) is 5.16 Å². The van der Waals surface area contributed by atoms with Gasteiger partial charge in [0.15, 0.2) is 0 Å². The van der Waals surface area contributed by atoms with Gasteiger partial charge in [0.25, 0.3) is 0 Å². The minimum Gasteiger partial charge on any atom is -0.493 e. The van der Waals surface area contributed by atoms with E-state index in [0.29, 0.717) is 19.6 Å². The first-order valence-corrected chi connectivity index (χ1v) is 7.40. The van der Waals surface area contributed by atoms with E-state index in [9.17, 15) is 0 Å². The third-order valence-electron chi connectivity index (χ3n) is 2.77. The molecule has 0 atom stereocenters. The van der Waals surface area contributed by atoms with Gasteiger partial charge in [0.2, 0.25) is 0 Å². The van der Waals surface area contributed by atoms with Crippen LogP contribution in [0.5, 0.6) is 11.5 Å². The highest BCUT2D eigenvalue weighted by Crippen LogP contribution is 2.29. The van der Waals surface area contributed by atoms with Gasteiger partial charge in [-0.15, -0.1) is 5.16 Å². The van der Waals surface area contributed by atoms with Gasteiger partial charge >= 0.3 is 0 Å². The lowest BCUT2D eigenvalue weighted by Gasteiger charge is -2.15. The lowest BCUT2D eigenvalue weighted by Crippen LogP contribution is -2.03. The maximum atomic E-state index is 8.35. The molecule has 0 fully saturated rings. The molecule has 0 amide bonds. The number of nitrogens with zero attached hydrogens (tertiary/aromatic N) is 1. The highest BCUT2D eigenvalue weighted by atomic mass is 35.5. The van der Waals surface area contributed by atoms with Crippen LogP contribution < -0.4 is 9.47 Å². The number of hydrogen-bond donors (Lipinski definition) is 1. The van der Waals surface area contributed by atoms with Crippen LogP contribution in [-0.4, -0.2) is 24.6 Å².